The van der Waals surface area contributed by atoms with Crippen LogP contribution in [0.2, 0.25) is 0 Å². The Morgan fingerprint density at radius 3 is 2.11 bits per heavy atom. The number of carbonyl (C=O) groups is 2. The molecule has 0 aliphatic carbocycles. The maximum absolute atomic E-state index is 13.3. The first kappa shape index (κ1) is 26.2. The minimum Gasteiger partial charge on any atom is -0.462 e. The highest BCUT2D eigenvalue weighted by Gasteiger charge is 2.38. The predicted molar refractivity (Wildman–Crippen MR) is 131 cm³/mol. The van der Waals surface area contributed by atoms with Crippen LogP contribution in [0, 0.1) is 21.4 Å². The van der Waals surface area contributed by atoms with Gasteiger partial charge < -0.3 is 14.8 Å². The molecule has 1 N–H and O–H groups in total. The Morgan fingerprint density at radius 2 is 1.56 bits per heavy atom. The average Bonchev–Trinajstić information content (AvgIpc) is 2.86. The molecule has 0 spiro atoms. The van der Waals surface area contributed by atoms with Crippen molar-refractivity contribution in [3.05, 3.63) is 98.4 Å². The summed E-state index contributed by atoms with van der Waals surface area (Å²) in [4.78, 5) is 36.9. The Kier molecular flexibility index (Phi) is 8.95. The number of ether oxygens (including phenoxy) is 2. The fraction of sp³-hybridized carbons (Fsp3) is 0.296. The molecule has 1 aliphatic heterocycles. The molecule has 9 nitrogen and oxygen atoms in total. The van der Waals surface area contributed by atoms with Gasteiger partial charge in [-0.25, -0.2) is 9.59 Å². The molecule has 0 saturated heterocycles. The largest absolute Gasteiger partial charge is 0.462 e. The molecule has 0 bridgehead atoms. The molecule has 1 heterocycles. The molecule has 9 heteroatoms. The van der Waals surface area contributed by atoms with E-state index >= 15 is 0 Å². The van der Waals surface area contributed by atoms with Gasteiger partial charge in [-0.1, -0.05) is 42.5 Å². The van der Waals surface area contributed by atoms with Crippen molar-refractivity contribution >= 4 is 17.6 Å². The number of nitro benzene ring substituents is 1. The third-order valence-corrected chi connectivity index (χ3v) is 5.77. The van der Waals surface area contributed by atoms with Crippen molar-refractivity contribution in [2.24, 2.45) is 0 Å². The summed E-state index contributed by atoms with van der Waals surface area (Å²) in [6.07, 6.45) is 1.39. The van der Waals surface area contributed by atoms with Crippen molar-refractivity contribution in [1.29, 1.82) is 5.26 Å². The van der Waals surface area contributed by atoms with E-state index in [9.17, 15) is 19.7 Å². The molecule has 0 saturated carbocycles. The van der Waals surface area contributed by atoms with E-state index in [4.69, 9.17) is 14.7 Å². The minimum atomic E-state index is -0.858. The molecule has 1 atom stereocenters. The first-order valence-corrected chi connectivity index (χ1v) is 11.5. The molecule has 3 rings (SSSR count). The van der Waals surface area contributed by atoms with Gasteiger partial charge in [0.2, 0.25) is 0 Å². The van der Waals surface area contributed by atoms with E-state index in [0.717, 1.165) is 12.0 Å². The third kappa shape index (κ3) is 6.36. The number of hydrogen-bond donors (Lipinski definition) is 1. The van der Waals surface area contributed by atoms with E-state index < -0.39 is 22.8 Å². The minimum absolute atomic E-state index is 0.0267. The van der Waals surface area contributed by atoms with Crippen LogP contribution in [0.25, 0.3) is 0 Å². The van der Waals surface area contributed by atoms with E-state index in [1.54, 1.807) is 13.8 Å². The van der Waals surface area contributed by atoms with Crippen LogP contribution < -0.4 is 5.32 Å². The predicted octanol–water partition coefficient (Wildman–Crippen LogP) is 4.46. The fourth-order valence-electron chi connectivity index (χ4n) is 4.09. The normalized spacial score (nSPS) is 15.1. The van der Waals surface area contributed by atoms with Gasteiger partial charge in [0.25, 0.3) is 5.69 Å². The van der Waals surface area contributed by atoms with Crippen molar-refractivity contribution in [2.75, 3.05) is 13.2 Å². The van der Waals surface area contributed by atoms with Crippen LogP contribution in [0.15, 0.2) is 77.1 Å². The van der Waals surface area contributed by atoms with Crippen molar-refractivity contribution < 1.29 is 24.0 Å². The quantitative estimate of drug-likeness (QED) is 0.224. The van der Waals surface area contributed by atoms with Gasteiger partial charge in [-0.3, -0.25) is 10.1 Å². The number of esters is 2. The van der Waals surface area contributed by atoms with E-state index in [0.29, 0.717) is 23.4 Å². The zero-order valence-electron chi connectivity index (χ0n) is 20.2. The molecule has 1 aliphatic rings. The summed E-state index contributed by atoms with van der Waals surface area (Å²) >= 11 is 0. The average molecular weight is 490 g/mol. The summed E-state index contributed by atoms with van der Waals surface area (Å²) in [6, 6.07) is 17.4. The first-order chi connectivity index (χ1) is 17.3. The van der Waals surface area contributed by atoms with Gasteiger partial charge in [-0.05, 0) is 37.8 Å². The number of nitrogens with one attached hydrogen (secondary N) is 1. The smallest absolute Gasteiger partial charge is 0.336 e. The van der Waals surface area contributed by atoms with E-state index in [2.05, 4.69) is 5.32 Å². The van der Waals surface area contributed by atoms with Crippen molar-refractivity contribution in [1.82, 2.24) is 5.32 Å². The number of nitrogens with zero attached hydrogens (tertiary/aromatic N) is 2. The van der Waals surface area contributed by atoms with Crippen LogP contribution in [0.3, 0.4) is 0 Å². The summed E-state index contributed by atoms with van der Waals surface area (Å²) < 4.78 is 10.9. The van der Waals surface area contributed by atoms with Crippen LogP contribution in [-0.4, -0.2) is 30.1 Å². The molecular formula is C27H27N3O6. The van der Waals surface area contributed by atoms with E-state index in [1.807, 2.05) is 36.4 Å². The lowest BCUT2D eigenvalue weighted by Crippen LogP contribution is -2.32. The SMILES string of the molecule is CC1=C(C(=O)OCCC#N)C(c2ccc([N+](=O)[O-])cc2)C(C(=O)OCCCc2ccccc2)=C(C)N1. The van der Waals surface area contributed by atoms with Crippen LogP contribution >= 0.6 is 0 Å². The van der Waals surface area contributed by atoms with Crippen LogP contribution in [0.4, 0.5) is 5.69 Å². The molecule has 2 aromatic carbocycles. The highest BCUT2D eigenvalue weighted by molar-refractivity contribution is 5.99. The zero-order chi connectivity index (χ0) is 26.1. The van der Waals surface area contributed by atoms with Gasteiger partial charge in [0.05, 0.1) is 41.1 Å². The van der Waals surface area contributed by atoms with Gasteiger partial charge in [0, 0.05) is 23.5 Å². The lowest BCUT2D eigenvalue weighted by Gasteiger charge is -2.30. The van der Waals surface area contributed by atoms with Crippen LogP contribution in [-0.2, 0) is 25.5 Å². The number of aryl methyl sites for hydroxylation is 1. The van der Waals surface area contributed by atoms with Crippen LogP contribution in [0.5, 0.6) is 0 Å². The second kappa shape index (κ2) is 12.3. The molecule has 1 unspecified atom stereocenters. The monoisotopic (exact) mass is 489 g/mol. The lowest BCUT2D eigenvalue weighted by atomic mass is 9.80. The van der Waals surface area contributed by atoms with Gasteiger partial charge in [-0.15, -0.1) is 0 Å². The summed E-state index contributed by atoms with van der Waals surface area (Å²) in [6.45, 7) is 3.48. The van der Waals surface area contributed by atoms with Gasteiger partial charge in [0.1, 0.15) is 6.61 Å². The van der Waals surface area contributed by atoms with Gasteiger partial charge in [-0.2, -0.15) is 5.26 Å². The fourth-order valence-corrected chi connectivity index (χ4v) is 4.09. The highest BCUT2D eigenvalue weighted by atomic mass is 16.6. The van der Waals surface area contributed by atoms with Crippen molar-refractivity contribution in [3.8, 4) is 6.07 Å². The number of non-ortho nitro benzene ring substituents is 1. The van der Waals surface area contributed by atoms with Crippen LogP contribution in [0.1, 0.15) is 43.7 Å². The Hall–Kier alpha value is -4.45. The lowest BCUT2D eigenvalue weighted by molar-refractivity contribution is -0.384. The molecule has 0 aromatic heterocycles. The number of rotatable bonds is 10. The Labute approximate surface area is 209 Å². The maximum Gasteiger partial charge on any atom is 0.336 e. The molecule has 0 amide bonds. The Bertz CT molecular complexity index is 1230. The molecular weight excluding hydrogens is 462 g/mol. The summed E-state index contributed by atoms with van der Waals surface area (Å²) in [5, 5.41) is 23.0. The first-order valence-electron chi connectivity index (χ1n) is 11.5. The molecule has 2 aromatic rings. The number of carbonyl (C=O) groups excluding carboxylic acids is 2. The number of allylic oxidation sites excluding steroid dienone is 2. The molecule has 0 radical (unpaired) electrons. The zero-order valence-corrected chi connectivity index (χ0v) is 20.2. The number of dihydropyridines is 1. The van der Waals surface area contributed by atoms with E-state index in [1.165, 1.54) is 24.3 Å². The standard InChI is InChI=1S/C27H27N3O6/c1-18-23(26(31)35-16-6-10-20-8-4-3-5-9-20)25(21-11-13-22(14-12-21)30(33)34)24(19(2)29-18)27(32)36-17-7-15-28/h3-5,8-9,11-14,25,29H,6-7,10,16-17H2,1-2H3. The second-order valence-electron chi connectivity index (χ2n) is 8.25. The Morgan fingerprint density at radius 1 is 0.972 bits per heavy atom. The number of nitriles is 1. The maximum atomic E-state index is 13.3. The topological polar surface area (TPSA) is 132 Å². The summed E-state index contributed by atoms with van der Waals surface area (Å²) in [5.74, 6) is -2.13. The van der Waals surface area contributed by atoms with Gasteiger partial charge in [0.15, 0.2) is 0 Å². The highest BCUT2D eigenvalue weighted by Crippen LogP contribution is 2.39. The van der Waals surface area contributed by atoms with E-state index in [-0.39, 0.29) is 36.5 Å². The van der Waals surface area contributed by atoms with Crippen molar-refractivity contribution in [2.45, 2.75) is 39.0 Å². The molecule has 186 valence electrons. The summed E-state index contributed by atoms with van der Waals surface area (Å²) in [5.41, 5.74) is 2.93. The molecule has 36 heavy (non-hydrogen) atoms. The van der Waals surface area contributed by atoms with Crippen molar-refractivity contribution in [3.63, 3.8) is 0 Å². The number of hydrogen-bond acceptors (Lipinski definition) is 8. The number of benzene rings is 2. The Balaban J connectivity index is 1.87. The summed E-state index contributed by atoms with van der Waals surface area (Å²) in [7, 11) is 0. The molecule has 0 fully saturated rings. The second-order valence-corrected chi connectivity index (χ2v) is 8.25. The van der Waals surface area contributed by atoms with Gasteiger partial charge >= 0.3 is 11.9 Å². The number of nitro groups is 1. The third-order valence-electron chi connectivity index (χ3n) is 5.77.